The summed E-state index contributed by atoms with van der Waals surface area (Å²) in [4.78, 5) is 0. The molecular weight excluding hydrogens is 230 g/mol. The van der Waals surface area contributed by atoms with Crippen molar-refractivity contribution >= 4 is 5.69 Å². The summed E-state index contributed by atoms with van der Waals surface area (Å²) in [5, 5.41) is 0. The molecule has 0 heterocycles. The van der Waals surface area contributed by atoms with E-state index in [2.05, 4.69) is 43.3 Å². The van der Waals surface area contributed by atoms with Crippen LogP contribution in [0.1, 0.15) is 36.5 Å². The minimum Gasteiger partial charge on any atom is -0.399 e. The fourth-order valence-corrected chi connectivity index (χ4v) is 2.29. The van der Waals surface area contributed by atoms with Crippen LogP contribution >= 0.6 is 0 Å². The summed E-state index contributed by atoms with van der Waals surface area (Å²) in [7, 11) is 0. The van der Waals surface area contributed by atoms with Crippen LogP contribution in [0.5, 0.6) is 0 Å². The van der Waals surface area contributed by atoms with Gasteiger partial charge in [-0.05, 0) is 54.5 Å². The Morgan fingerprint density at radius 1 is 0.789 bits per heavy atom. The molecule has 0 aliphatic rings. The van der Waals surface area contributed by atoms with Gasteiger partial charge in [0.15, 0.2) is 0 Å². The Morgan fingerprint density at radius 2 is 1.42 bits per heavy atom. The van der Waals surface area contributed by atoms with E-state index in [1.807, 2.05) is 12.1 Å². The van der Waals surface area contributed by atoms with Crippen molar-refractivity contribution < 1.29 is 0 Å². The molecule has 0 aliphatic carbocycles. The molecule has 19 heavy (non-hydrogen) atoms. The van der Waals surface area contributed by atoms with Gasteiger partial charge in [-0.3, -0.25) is 0 Å². The fraction of sp³-hybridized carbons (Fsp3) is 0.333. The molecule has 1 nitrogen and oxygen atoms in total. The standard InChI is InChI=1S/C18H23N/c1-2-3-5-15-8-10-16(11-9-15)12-13-17-6-4-7-18(19)14-17/h4,6-11,14H,2-3,5,12-13,19H2,1H3. The van der Waals surface area contributed by atoms with Gasteiger partial charge in [0.25, 0.3) is 0 Å². The number of nitrogens with two attached hydrogens (primary N) is 1. The number of aryl methyl sites for hydroxylation is 3. The number of hydrogen-bond acceptors (Lipinski definition) is 1. The van der Waals surface area contributed by atoms with Gasteiger partial charge in [-0.2, -0.15) is 0 Å². The maximum atomic E-state index is 5.79. The summed E-state index contributed by atoms with van der Waals surface area (Å²) in [5.74, 6) is 0. The first-order valence-corrected chi connectivity index (χ1v) is 7.20. The summed E-state index contributed by atoms with van der Waals surface area (Å²) in [6, 6.07) is 17.2. The second-order valence-electron chi connectivity index (χ2n) is 5.17. The smallest absolute Gasteiger partial charge is 0.0316 e. The van der Waals surface area contributed by atoms with Crippen LogP contribution in [-0.2, 0) is 19.3 Å². The van der Waals surface area contributed by atoms with E-state index in [0.29, 0.717) is 0 Å². The van der Waals surface area contributed by atoms with Crippen LogP contribution in [-0.4, -0.2) is 0 Å². The highest BCUT2D eigenvalue weighted by Crippen LogP contribution is 2.12. The van der Waals surface area contributed by atoms with E-state index in [9.17, 15) is 0 Å². The Morgan fingerprint density at radius 3 is 2.05 bits per heavy atom. The normalized spacial score (nSPS) is 10.6. The summed E-state index contributed by atoms with van der Waals surface area (Å²) < 4.78 is 0. The summed E-state index contributed by atoms with van der Waals surface area (Å²) in [6.45, 7) is 2.24. The molecular formula is C18H23N. The molecule has 0 saturated heterocycles. The Kier molecular flexibility index (Phi) is 5.02. The lowest BCUT2D eigenvalue weighted by molar-refractivity contribution is 0.794. The molecule has 0 atom stereocenters. The second kappa shape index (κ2) is 6.98. The van der Waals surface area contributed by atoms with Crippen LogP contribution in [0.2, 0.25) is 0 Å². The third kappa shape index (κ3) is 4.44. The van der Waals surface area contributed by atoms with Crippen molar-refractivity contribution in [3.05, 3.63) is 65.2 Å². The van der Waals surface area contributed by atoms with Gasteiger partial charge >= 0.3 is 0 Å². The predicted octanol–water partition coefficient (Wildman–Crippen LogP) is 4.40. The highest BCUT2D eigenvalue weighted by Gasteiger charge is 1.98. The number of benzene rings is 2. The van der Waals surface area contributed by atoms with E-state index in [1.54, 1.807) is 0 Å². The van der Waals surface area contributed by atoms with Crippen LogP contribution < -0.4 is 5.73 Å². The van der Waals surface area contributed by atoms with Crippen molar-refractivity contribution in [2.24, 2.45) is 0 Å². The van der Waals surface area contributed by atoms with Gasteiger partial charge in [0.1, 0.15) is 0 Å². The van der Waals surface area contributed by atoms with Gasteiger partial charge in [-0.1, -0.05) is 49.7 Å². The van der Waals surface area contributed by atoms with Crippen molar-refractivity contribution in [3.63, 3.8) is 0 Å². The molecule has 100 valence electrons. The molecule has 2 aromatic rings. The zero-order valence-corrected chi connectivity index (χ0v) is 11.7. The number of rotatable bonds is 6. The molecule has 0 saturated carbocycles. The van der Waals surface area contributed by atoms with E-state index < -0.39 is 0 Å². The molecule has 0 amide bonds. The first-order chi connectivity index (χ1) is 9.28. The van der Waals surface area contributed by atoms with Crippen molar-refractivity contribution in [1.29, 1.82) is 0 Å². The van der Waals surface area contributed by atoms with Gasteiger partial charge in [-0.25, -0.2) is 0 Å². The van der Waals surface area contributed by atoms with Crippen molar-refractivity contribution in [2.75, 3.05) is 5.73 Å². The molecule has 1 heteroatoms. The van der Waals surface area contributed by atoms with E-state index in [1.165, 1.54) is 36.0 Å². The fourth-order valence-electron chi connectivity index (χ4n) is 2.29. The lowest BCUT2D eigenvalue weighted by atomic mass is 10.0. The van der Waals surface area contributed by atoms with Crippen molar-refractivity contribution in [2.45, 2.75) is 39.0 Å². The number of unbranched alkanes of at least 4 members (excludes halogenated alkanes) is 1. The summed E-state index contributed by atoms with van der Waals surface area (Å²) in [5.41, 5.74) is 10.8. The molecule has 0 bridgehead atoms. The maximum Gasteiger partial charge on any atom is 0.0316 e. The predicted molar refractivity (Wildman–Crippen MR) is 83.3 cm³/mol. The SMILES string of the molecule is CCCCc1ccc(CCc2cccc(N)c2)cc1. The van der Waals surface area contributed by atoms with Crippen LogP contribution in [0.15, 0.2) is 48.5 Å². The van der Waals surface area contributed by atoms with Crippen LogP contribution in [0, 0.1) is 0 Å². The van der Waals surface area contributed by atoms with Crippen LogP contribution in [0.25, 0.3) is 0 Å². The van der Waals surface area contributed by atoms with E-state index in [0.717, 1.165) is 18.5 Å². The first-order valence-electron chi connectivity index (χ1n) is 7.20. The summed E-state index contributed by atoms with van der Waals surface area (Å²) >= 11 is 0. The Labute approximate surface area is 116 Å². The van der Waals surface area contributed by atoms with Crippen LogP contribution in [0.3, 0.4) is 0 Å². The van der Waals surface area contributed by atoms with Crippen molar-refractivity contribution in [1.82, 2.24) is 0 Å². The van der Waals surface area contributed by atoms with Gasteiger partial charge in [0.05, 0.1) is 0 Å². The minimum absolute atomic E-state index is 0.854. The zero-order chi connectivity index (χ0) is 13.5. The lowest BCUT2D eigenvalue weighted by Crippen LogP contribution is -1.94. The maximum absolute atomic E-state index is 5.79. The number of nitrogen functional groups attached to an aromatic ring is 1. The van der Waals surface area contributed by atoms with E-state index >= 15 is 0 Å². The first kappa shape index (κ1) is 13.7. The lowest BCUT2D eigenvalue weighted by Gasteiger charge is -2.05. The second-order valence-corrected chi connectivity index (χ2v) is 5.17. The van der Waals surface area contributed by atoms with E-state index in [-0.39, 0.29) is 0 Å². The molecule has 2 N–H and O–H groups in total. The molecule has 0 aromatic heterocycles. The molecule has 2 rings (SSSR count). The highest BCUT2D eigenvalue weighted by atomic mass is 14.5. The molecule has 0 radical (unpaired) electrons. The van der Waals surface area contributed by atoms with Gasteiger partial charge in [0, 0.05) is 5.69 Å². The zero-order valence-electron chi connectivity index (χ0n) is 11.7. The molecule has 0 spiro atoms. The van der Waals surface area contributed by atoms with Gasteiger partial charge < -0.3 is 5.73 Å². The average molecular weight is 253 g/mol. The molecule has 0 aliphatic heterocycles. The highest BCUT2D eigenvalue weighted by molar-refractivity contribution is 5.40. The monoisotopic (exact) mass is 253 g/mol. The third-order valence-electron chi connectivity index (χ3n) is 3.50. The Balaban J connectivity index is 1.89. The largest absolute Gasteiger partial charge is 0.399 e. The Bertz CT molecular complexity index is 499. The molecule has 2 aromatic carbocycles. The summed E-state index contributed by atoms with van der Waals surface area (Å²) in [6.07, 6.45) is 5.88. The topological polar surface area (TPSA) is 26.0 Å². The molecule has 0 fully saturated rings. The van der Waals surface area contributed by atoms with Crippen molar-refractivity contribution in [3.8, 4) is 0 Å². The minimum atomic E-state index is 0.854. The van der Waals surface area contributed by atoms with Crippen LogP contribution in [0.4, 0.5) is 5.69 Å². The number of hydrogen-bond donors (Lipinski definition) is 1. The average Bonchev–Trinajstić information content (AvgIpc) is 2.44. The third-order valence-corrected chi connectivity index (χ3v) is 3.50. The van der Waals surface area contributed by atoms with Gasteiger partial charge in [0.2, 0.25) is 0 Å². The quantitative estimate of drug-likeness (QED) is 0.759. The van der Waals surface area contributed by atoms with E-state index in [4.69, 9.17) is 5.73 Å². The number of anilines is 1. The van der Waals surface area contributed by atoms with Gasteiger partial charge in [-0.15, -0.1) is 0 Å². The Hall–Kier alpha value is -1.76. The molecule has 0 unspecified atom stereocenters.